The van der Waals surface area contributed by atoms with E-state index in [1.807, 2.05) is 20.0 Å². The number of ether oxygens (including phenoxy) is 1. The van der Waals surface area contributed by atoms with Crippen molar-refractivity contribution >= 4 is 11.6 Å². The molecule has 0 saturated heterocycles. The largest absolute Gasteiger partial charge is 0.496 e. The third-order valence-electron chi connectivity index (χ3n) is 7.38. The Morgan fingerprint density at radius 1 is 1.19 bits per heavy atom. The Morgan fingerprint density at radius 3 is 2.64 bits per heavy atom. The Kier molecular flexibility index (Phi) is 7.19. The highest BCUT2D eigenvalue weighted by Gasteiger charge is 2.35. The summed E-state index contributed by atoms with van der Waals surface area (Å²) in [6.45, 7) is 3.79. The van der Waals surface area contributed by atoms with E-state index in [9.17, 15) is 10.0 Å². The van der Waals surface area contributed by atoms with Crippen LogP contribution in [-0.4, -0.2) is 52.1 Å². The minimum atomic E-state index is -0.713. The monoisotopic (exact) mass is 592 g/mol. The molecule has 0 amide bonds. The summed E-state index contributed by atoms with van der Waals surface area (Å²) in [5.74, 6) is 0.0529. The predicted molar refractivity (Wildman–Crippen MR) is 149 cm³/mol. The van der Waals surface area contributed by atoms with Gasteiger partial charge in [0.2, 0.25) is 6.20 Å². The fraction of sp³-hybridized carbons (Fsp3) is 0.321. The van der Waals surface area contributed by atoms with Gasteiger partial charge in [-0.15, -0.1) is 5.10 Å². The second-order valence-corrected chi connectivity index (χ2v) is 11.0. The summed E-state index contributed by atoms with van der Waals surface area (Å²) in [6, 6.07) is 5.76. The minimum Gasteiger partial charge on any atom is -0.496 e. The number of nitrogens with zero attached hydrogens (tertiary/aromatic N) is 9. The van der Waals surface area contributed by atoms with Gasteiger partial charge in [0.25, 0.3) is 11.3 Å². The van der Waals surface area contributed by atoms with Crippen molar-refractivity contribution < 1.29 is 19.1 Å². The lowest BCUT2D eigenvalue weighted by Crippen LogP contribution is -2.38. The Balaban J connectivity index is 1.43. The van der Waals surface area contributed by atoms with Crippen LogP contribution < -0.4 is 15.0 Å². The molecular weight excluding hydrogens is 565 g/mol. The predicted octanol–water partition coefficient (Wildman–Crippen LogP) is 4.05. The molecule has 1 aliphatic carbocycles. The lowest BCUT2D eigenvalue weighted by Gasteiger charge is -2.17. The number of benzene rings is 1. The summed E-state index contributed by atoms with van der Waals surface area (Å²) in [4.78, 5) is 12.6. The number of hydrogen-bond acceptors (Lipinski definition) is 8. The number of aromatic nitrogens is 9. The lowest BCUT2D eigenvalue weighted by atomic mass is 10.0. The summed E-state index contributed by atoms with van der Waals surface area (Å²) < 4.78 is 26.7. The maximum Gasteiger partial charge on any atom is 0.267 e. The van der Waals surface area contributed by atoms with Gasteiger partial charge in [-0.1, -0.05) is 24.4 Å². The first kappa shape index (κ1) is 27.5. The zero-order chi connectivity index (χ0) is 29.5. The van der Waals surface area contributed by atoms with E-state index in [1.165, 1.54) is 41.1 Å². The SMILES string of the molecule is COc1cc(C(CC2CC2)n2cc(-c3cnn(C(C)C)c(=O)c3)cn2)[n+](O)cc1-c1c(-n2cnnn2)ccc(Cl)c1F. The quantitative estimate of drug-likeness (QED) is 0.200. The van der Waals surface area contributed by atoms with E-state index in [2.05, 4.69) is 25.7 Å². The molecule has 1 atom stereocenters. The molecule has 4 aromatic heterocycles. The van der Waals surface area contributed by atoms with Gasteiger partial charge in [-0.3, -0.25) is 14.7 Å². The van der Waals surface area contributed by atoms with Crippen molar-refractivity contribution in [1.29, 1.82) is 0 Å². The number of rotatable bonds is 9. The molecule has 5 aromatic rings. The Morgan fingerprint density at radius 2 is 1.98 bits per heavy atom. The molecule has 1 N–H and O–H groups in total. The molecule has 12 nitrogen and oxygen atoms in total. The van der Waals surface area contributed by atoms with Crippen LogP contribution in [0.5, 0.6) is 5.75 Å². The average molecular weight is 593 g/mol. The first-order valence-corrected chi connectivity index (χ1v) is 13.8. The van der Waals surface area contributed by atoms with Crippen molar-refractivity contribution in [3.8, 4) is 33.7 Å². The molecule has 6 rings (SSSR count). The second kappa shape index (κ2) is 11.0. The van der Waals surface area contributed by atoms with Gasteiger partial charge in [-0.25, -0.2) is 9.07 Å². The first-order valence-electron chi connectivity index (χ1n) is 13.4. The van der Waals surface area contributed by atoms with E-state index in [0.29, 0.717) is 35.0 Å². The zero-order valence-electron chi connectivity index (χ0n) is 23.1. The van der Waals surface area contributed by atoms with Crippen LogP contribution in [0.1, 0.15) is 50.9 Å². The summed E-state index contributed by atoms with van der Waals surface area (Å²) >= 11 is 6.16. The molecular formula is C28H28ClFN9O3+. The highest BCUT2D eigenvalue weighted by Crippen LogP contribution is 2.42. The van der Waals surface area contributed by atoms with Gasteiger partial charge in [-0.2, -0.15) is 14.9 Å². The third kappa shape index (κ3) is 5.11. The molecule has 1 aliphatic rings. The molecule has 0 bridgehead atoms. The topological polar surface area (TPSA) is 130 Å². The molecule has 14 heteroatoms. The van der Waals surface area contributed by atoms with Crippen LogP contribution in [0.3, 0.4) is 0 Å². The van der Waals surface area contributed by atoms with Crippen molar-refractivity contribution in [1.82, 2.24) is 39.8 Å². The maximum atomic E-state index is 15.6. The molecule has 0 spiro atoms. The fourth-order valence-corrected chi connectivity index (χ4v) is 5.22. The third-order valence-corrected chi connectivity index (χ3v) is 7.67. The van der Waals surface area contributed by atoms with Crippen LogP contribution in [0.25, 0.3) is 27.9 Å². The molecule has 0 aliphatic heterocycles. The smallest absolute Gasteiger partial charge is 0.267 e. The van der Waals surface area contributed by atoms with Crippen LogP contribution in [-0.2, 0) is 0 Å². The van der Waals surface area contributed by atoms with E-state index in [0.717, 1.165) is 23.1 Å². The van der Waals surface area contributed by atoms with Gasteiger partial charge >= 0.3 is 0 Å². The molecule has 4 heterocycles. The summed E-state index contributed by atoms with van der Waals surface area (Å²) in [7, 11) is 1.47. The number of pyridine rings is 1. The van der Waals surface area contributed by atoms with Crippen molar-refractivity contribution in [2.75, 3.05) is 7.11 Å². The van der Waals surface area contributed by atoms with Crippen LogP contribution in [0.15, 0.2) is 60.2 Å². The highest BCUT2D eigenvalue weighted by molar-refractivity contribution is 6.31. The Labute approximate surface area is 244 Å². The summed E-state index contributed by atoms with van der Waals surface area (Å²) in [6.07, 6.45) is 10.7. The number of tetrazole rings is 1. The van der Waals surface area contributed by atoms with Crippen molar-refractivity contribution in [3.63, 3.8) is 0 Å². The zero-order valence-corrected chi connectivity index (χ0v) is 23.9. The molecule has 0 radical (unpaired) electrons. The van der Waals surface area contributed by atoms with E-state index >= 15 is 4.39 Å². The number of methoxy groups -OCH3 is 1. The summed E-state index contributed by atoms with van der Waals surface area (Å²) in [5, 5.41) is 31.3. The van der Waals surface area contributed by atoms with Crippen LogP contribution in [0.2, 0.25) is 5.02 Å². The van der Waals surface area contributed by atoms with Crippen LogP contribution >= 0.6 is 11.6 Å². The van der Waals surface area contributed by atoms with Gasteiger partial charge in [-0.05, 0) is 48.7 Å². The number of hydrogen-bond donors (Lipinski definition) is 1. The molecule has 1 unspecified atom stereocenters. The second-order valence-electron chi connectivity index (χ2n) is 10.6. The maximum absolute atomic E-state index is 15.6. The Bertz CT molecular complexity index is 1820. The molecule has 42 heavy (non-hydrogen) atoms. The molecule has 1 aromatic carbocycles. The van der Waals surface area contributed by atoms with Crippen molar-refractivity contribution in [2.24, 2.45) is 5.92 Å². The van der Waals surface area contributed by atoms with E-state index in [-0.39, 0.29) is 33.8 Å². The first-order chi connectivity index (χ1) is 20.2. The van der Waals surface area contributed by atoms with Gasteiger partial charge in [0.1, 0.15) is 18.1 Å². The lowest BCUT2D eigenvalue weighted by molar-refractivity contribution is -0.910. The molecule has 1 fully saturated rings. The van der Waals surface area contributed by atoms with Gasteiger partial charge in [0.05, 0.1) is 53.4 Å². The van der Waals surface area contributed by atoms with E-state index in [4.69, 9.17) is 16.3 Å². The van der Waals surface area contributed by atoms with Crippen LogP contribution in [0.4, 0.5) is 4.39 Å². The average Bonchev–Trinajstić information content (AvgIpc) is 3.40. The normalized spacial score (nSPS) is 14.0. The number of halogens is 2. The van der Waals surface area contributed by atoms with Crippen molar-refractivity contribution in [3.05, 3.63) is 82.3 Å². The highest BCUT2D eigenvalue weighted by atomic mass is 35.5. The van der Waals surface area contributed by atoms with E-state index < -0.39 is 5.82 Å². The standard InChI is InChI=1S/C28H28ClFN9O3/c1-16(2)39-26(40)9-18(11-33-39)19-12-32-36(13-19)23(8-17-4-5-17)24-10-25(42-3)20(14-38(24)41)27-22(37-15-31-34-35-37)7-6-21(29)28(27)30/h6-7,9-17,23,41H,4-5,8H2,1-3H3/q+1. The van der Waals surface area contributed by atoms with Gasteiger partial charge in [0, 0.05) is 28.1 Å². The van der Waals surface area contributed by atoms with E-state index in [1.54, 1.807) is 29.2 Å². The molecule has 216 valence electrons. The van der Waals surface area contributed by atoms with Crippen molar-refractivity contribution in [2.45, 2.75) is 45.2 Å². The molecule has 1 saturated carbocycles. The summed E-state index contributed by atoms with van der Waals surface area (Å²) in [5.41, 5.74) is 2.26. The fourth-order valence-electron chi connectivity index (χ4n) is 5.06. The van der Waals surface area contributed by atoms with Gasteiger partial charge in [0.15, 0.2) is 5.82 Å². The van der Waals surface area contributed by atoms with Crippen LogP contribution in [0, 0.1) is 11.7 Å². The van der Waals surface area contributed by atoms with Gasteiger partial charge < -0.3 is 4.74 Å². The Hall–Kier alpha value is -4.65. The minimum absolute atomic E-state index is 0.0560.